The highest BCUT2D eigenvalue weighted by atomic mass is 16.5. The Morgan fingerprint density at radius 1 is 0.867 bits per heavy atom. The number of fused-ring (bicyclic) bond motifs is 1. The number of ether oxygens (including phenoxy) is 1. The van der Waals surface area contributed by atoms with Crippen molar-refractivity contribution in [2.45, 2.75) is 6.92 Å². The predicted octanol–water partition coefficient (Wildman–Crippen LogP) is 5.01. The van der Waals surface area contributed by atoms with E-state index in [1.54, 1.807) is 36.4 Å². The minimum absolute atomic E-state index is 0.0318. The fourth-order valence-electron chi connectivity index (χ4n) is 3.08. The molecule has 0 saturated heterocycles. The molecule has 0 unspecified atom stereocenters. The number of carbonyl (C=O) groups is 2. The van der Waals surface area contributed by atoms with E-state index in [9.17, 15) is 9.59 Å². The zero-order valence-electron chi connectivity index (χ0n) is 16.3. The molecule has 2 amide bonds. The van der Waals surface area contributed by atoms with Crippen LogP contribution in [0.1, 0.15) is 16.1 Å². The number of para-hydroxylation sites is 3. The van der Waals surface area contributed by atoms with Crippen molar-refractivity contribution in [3.63, 3.8) is 0 Å². The van der Waals surface area contributed by atoms with Crippen molar-refractivity contribution in [1.29, 1.82) is 0 Å². The van der Waals surface area contributed by atoms with Gasteiger partial charge in [0, 0.05) is 11.1 Å². The van der Waals surface area contributed by atoms with Gasteiger partial charge >= 0.3 is 0 Å². The first-order valence-corrected chi connectivity index (χ1v) is 9.48. The Hall–Kier alpha value is -4.06. The maximum absolute atomic E-state index is 12.8. The summed E-state index contributed by atoms with van der Waals surface area (Å²) in [6.07, 6.45) is 0. The summed E-state index contributed by atoms with van der Waals surface area (Å²) in [6, 6.07) is 23.6. The predicted molar refractivity (Wildman–Crippen MR) is 116 cm³/mol. The number of carbonyl (C=O) groups excluding carboxylic acids is 2. The first-order chi connectivity index (χ1) is 14.6. The summed E-state index contributed by atoms with van der Waals surface area (Å²) in [5.74, 6) is -0.179. The van der Waals surface area contributed by atoms with Crippen molar-refractivity contribution >= 4 is 34.2 Å². The number of nitrogens with one attached hydrogen (secondary N) is 2. The van der Waals surface area contributed by atoms with Crippen LogP contribution in [0.2, 0.25) is 0 Å². The molecule has 0 bridgehead atoms. The SMILES string of the molecule is Cc1ccccc1OCC(=O)Nc1c(C(=O)Nc2ccccc2)oc2ccccc12. The molecule has 1 heterocycles. The van der Waals surface area contributed by atoms with Crippen molar-refractivity contribution in [3.05, 3.63) is 90.2 Å². The molecule has 0 spiro atoms. The molecule has 0 saturated carbocycles. The number of benzene rings is 3. The minimum Gasteiger partial charge on any atom is -0.483 e. The Labute approximate surface area is 173 Å². The van der Waals surface area contributed by atoms with Crippen molar-refractivity contribution in [2.24, 2.45) is 0 Å². The molecule has 0 aliphatic rings. The van der Waals surface area contributed by atoms with Gasteiger partial charge in [-0.25, -0.2) is 0 Å². The normalized spacial score (nSPS) is 10.6. The van der Waals surface area contributed by atoms with Crippen LogP contribution in [-0.4, -0.2) is 18.4 Å². The Morgan fingerprint density at radius 3 is 2.37 bits per heavy atom. The summed E-state index contributed by atoms with van der Waals surface area (Å²) in [4.78, 5) is 25.4. The van der Waals surface area contributed by atoms with Crippen molar-refractivity contribution in [1.82, 2.24) is 0 Å². The fourth-order valence-corrected chi connectivity index (χ4v) is 3.08. The van der Waals surface area contributed by atoms with E-state index in [1.165, 1.54) is 0 Å². The molecule has 6 nitrogen and oxygen atoms in total. The molecule has 0 aliphatic carbocycles. The third-order valence-electron chi connectivity index (χ3n) is 4.55. The topological polar surface area (TPSA) is 80.6 Å². The summed E-state index contributed by atoms with van der Waals surface area (Å²) < 4.78 is 11.4. The fraction of sp³-hybridized carbons (Fsp3) is 0.0833. The lowest BCUT2D eigenvalue weighted by atomic mass is 10.2. The molecule has 2 N–H and O–H groups in total. The van der Waals surface area contributed by atoms with Gasteiger partial charge in [0.25, 0.3) is 11.8 Å². The van der Waals surface area contributed by atoms with Gasteiger partial charge in [-0.15, -0.1) is 0 Å². The molecule has 6 heteroatoms. The number of anilines is 2. The van der Waals surface area contributed by atoms with E-state index in [1.807, 2.05) is 49.4 Å². The van der Waals surface area contributed by atoms with E-state index < -0.39 is 11.8 Å². The summed E-state index contributed by atoms with van der Waals surface area (Å²) >= 11 is 0. The van der Waals surface area contributed by atoms with E-state index in [0.717, 1.165) is 5.56 Å². The number of rotatable bonds is 6. The average molecular weight is 400 g/mol. The van der Waals surface area contributed by atoms with Gasteiger partial charge in [0.15, 0.2) is 6.61 Å². The smallest absolute Gasteiger partial charge is 0.293 e. The van der Waals surface area contributed by atoms with E-state index in [4.69, 9.17) is 9.15 Å². The lowest BCUT2D eigenvalue weighted by Gasteiger charge is -2.10. The molecule has 0 aliphatic heterocycles. The molecule has 4 aromatic rings. The van der Waals surface area contributed by atoms with E-state index in [-0.39, 0.29) is 12.4 Å². The van der Waals surface area contributed by atoms with Gasteiger partial charge in [0.05, 0.1) is 0 Å². The maximum Gasteiger partial charge on any atom is 0.293 e. The largest absolute Gasteiger partial charge is 0.483 e. The zero-order valence-corrected chi connectivity index (χ0v) is 16.3. The van der Waals surface area contributed by atoms with E-state index in [0.29, 0.717) is 28.1 Å². The Morgan fingerprint density at radius 2 is 1.57 bits per heavy atom. The Balaban J connectivity index is 1.56. The summed E-state index contributed by atoms with van der Waals surface area (Å²) in [6.45, 7) is 1.72. The molecular formula is C24H20N2O4. The third-order valence-corrected chi connectivity index (χ3v) is 4.55. The molecule has 0 fully saturated rings. The van der Waals surface area contributed by atoms with Crippen LogP contribution in [-0.2, 0) is 4.79 Å². The molecule has 0 radical (unpaired) electrons. The van der Waals surface area contributed by atoms with Gasteiger partial charge < -0.3 is 19.8 Å². The Kier molecular flexibility index (Phi) is 5.48. The van der Waals surface area contributed by atoms with Crippen LogP contribution in [0.25, 0.3) is 11.0 Å². The second-order valence-corrected chi connectivity index (χ2v) is 6.72. The number of hydrogen-bond acceptors (Lipinski definition) is 4. The van der Waals surface area contributed by atoms with Gasteiger partial charge in [-0.1, -0.05) is 48.5 Å². The van der Waals surface area contributed by atoms with E-state index >= 15 is 0 Å². The Bertz CT molecular complexity index is 1200. The average Bonchev–Trinajstić information content (AvgIpc) is 3.12. The van der Waals surface area contributed by atoms with Crippen molar-refractivity contribution in [2.75, 3.05) is 17.2 Å². The summed E-state index contributed by atoms with van der Waals surface area (Å²) in [5, 5.41) is 6.19. The summed E-state index contributed by atoms with van der Waals surface area (Å²) in [7, 11) is 0. The molecule has 3 aromatic carbocycles. The molecule has 30 heavy (non-hydrogen) atoms. The van der Waals surface area contributed by atoms with Crippen LogP contribution in [0.5, 0.6) is 5.75 Å². The van der Waals surface area contributed by atoms with Gasteiger partial charge in [0.2, 0.25) is 5.76 Å². The zero-order chi connectivity index (χ0) is 20.9. The highest BCUT2D eigenvalue weighted by Gasteiger charge is 2.22. The summed E-state index contributed by atoms with van der Waals surface area (Å²) in [5.41, 5.74) is 2.38. The highest BCUT2D eigenvalue weighted by molar-refractivity contribution is 6.14. The number of aryl methyl sites for hydroxylation is 1. The number of hydrogen-bond donors (Lipinski definition) is 2. The number of furan rings is 1. The van der Waals surface area contributed by atoms with Crippen LogP contribution >= 0.6 is 0 Å². The lowest BCUT2D eigenvalue weighted by Crippen LogP contribution is -2.22. The van der Waals surface area contributed by atoms with Crippen LogP contribution in [0.15, 0.2) is 83.3 Å². The van der Waals surface area contributed by atoms with Gasteiger partial charge in [-0.2, -0.15) is 0 Å². The van der Waals surface area contributed by atoms with E-state index in [2.05, 4.69) is 10.6 Å². The van der Waals surface area contributed by atoms with Crippen molar-refractivity contribution in [3.8, 4) is 5.75 Å². The molecular weight excluding hydrogens is 380 g/mol. The number of amides is 2. The van der Waals surface area contributed by atoms with Gasteiger partial charge in [-0.3, -0.25) is 9.59 Å². The van der Waals surface area contributed by atoms with Crippen LogP contribution in [0, 0.1) is 6.92 Å². The molecule has 4 rings (SSSR count). The minimum atomic E-state index is -0.451. The molecule has 1 aromatic heterocycles. The highest BCUT2D eigenvalue weighted by Crippen LogP contribution is 2.31. The lowest BCUT2D eigenvalue weighted by molar-refractivity contribution is -0.118. The van der Waals surface area contributed by atoms with Crippen LogP contribution < -0.4 is 15.4 Å². The maximum atomic E-state index is 12.8. The quantitative estimate of drug-likeness (QED) is 0.477. The van der Waals surface area contributed by atoms with Gasteiger partial charge in [0.1, 0.15) is 17.0 Å². The van der Waals surface area contributed by atoms with Gasteiger partial charge in [-0.05, 0) is 42.8 Å². The molecule has 150 valence electrons. The monoisotopic (exact) mass is 400 g/mol. The first kappa shape index (κ1) is 19.3. The van der Waals surface area contributed by atoms with Crippen LogP contribution in [0.4, 0.5) is 11.4 Å². The second-order valence-electron chi connectivity index (χ2n) is 6.72. The van der Waals surface area contributed by atoms with Crippen molar-refractivity contribution < 1.29 is 18.7 Å². The third kappa shape index (κ3) is 4.17. The second kappa shape index (κ2) is 8.53. The first-order valence-electron chi connectivity index (χ1n) is 9.48. The van der Waals surface area contributed by atoms with Crippen LogP contribution in [0.3, 0.4) is 0 Å². The standard InChI is InChI=1S/C24H20N2O4/c1-16-9-5-7-13-19(16)29-15-21(27)26-22-18-12-6-8-14-20(18)30-23(22)24(28)25-17-10-3-2-4-11-17/h2-14H,15H2,1H3,(H,25,28)(H,26,27). The molecule has 0 atom stereocenters.